The maximum atomic E-state index is 15.7. The Morgan fingerprint density at radius 2 is 1.61 bits per heavy atom. The molecule has 0 aliphatic carbocycles. The summed E-state index contributed by atoms with van der Waals surface area (Å²) in [7, 11) is -4.25. The van der Waals surface area contributed by atoms with Crippen molar-refractivity contribution < 1.29 is 62.7 Å². The van der Waals surface area contributed by atoms with Crippen molar-refractivity contribution in [3.05, 3.63) is 83.1 Å². The maximum absolute atomic E-state index is 15.7. The van der Waals surface area contributed by atoms with Gasteiger partial charge in [-0.1, -0.05) is 12.1 Å². The molecule has 64 heavy (non-hydrogen) atoms. The third-order valence-electron chi connectivity index (χ3n) is 11.3. The van der Waals surface area contributed by atoms with Crippen molar-refractivity contribution in [1.29, 1.82) is 0 Å². The Kier molecular flexibility index (Phi) is 11.7. The Labute approximate surface area is 358 Å². The summed E-state index contributed by atoms with van der Waals surface area (Å²) in [6.07, 6.45) is -9.92. The average molecular weight is 925 g/mol. The minimum absolute atomic E-state index is 0.0490. The van der Waals surface area contributed by atoms with Crippen molar-refractivity contribution >= 4 is 45.3 Å². The minimum Gasteiger partial charge on any atom is -0.367 e. The quantitative estimate of drug-likeness (QED) is 0.173. The van der Waals surface area contributed by atoms with Crippen molar-refractivity contribution in [3.63, 3.8) is 0 Å². The maximum Gasteiger partial charge on any atom is 0.419 e. The molecule has 4 aliphatic rings. The number of hydrogen-bond acceptors (Lipinski definition) is 12. The van der Waals surface area contributed by atoms with E-state index in [0.29, 0.717) is 42.6 Å². The van der Waals surface area contributed by atoms with E-state index in [9.17, 15) is 53.9 Å². The molecule has 25 heteroatoms. The lowest BCUT2D eigenvalue weighted by molar-refractivity contribution is -0.142. The number of halogens is 8. The number of aromatic nitrogens is 4. The summed E-state index contributed by atoms with van der Waals surface area (Å²) in [6.45, 7) is -0.743. The topological polar surface area (TPSA) is 183 Å². The second-order valence-corrected chi connectivity index (χ2v) is 17.6. The molecule has 16 nitrogen and oxygen atoms in total. The predicted molar refractivity (Wildman–Crippen MR) is 207 cm³/mol. The highest BCUT2D eigenvalue weighted by molar-refractivity contribution is 7.89. The first kappa shape index (κ1) is 44.5. The zero-order chi connectivity index (χ0) is 45.9. The number of piperidine rings is 2. The van der Waals surface area contributed by atoms with E-state index in [4.69, 9.17) is 0 Å². The highest BCUT2D eigenvalue weighted by Crippen LogP contribution is 2.37. The summed E-state index contributed by atoms with van der Waals surface area (Å²) in [6, 6.07) is 5.94. The van der Waals surface area contributed by atoms with E-state index in [-0.39, 0.29) is 54.1 Å². The number of imide groups is 2. The summed E-state index contributed by atoms with van der Waals surface area (Å²) in [4.78, 5) is 62.3. The molecule has 4 aromatic rings. The number of hydrogen-bond donors (Lipinski definition) is 2. The fourth-order valence-electron chi connectivity index (χ4n) is 8.14. The minimum atomic E-state index is -5.00. The SMILES string of the molecule is O=C1CCC(N2C(=O)c3cc(F)c(N4CCN(Cc5cccc(S(=O)(=O)N6CC[C@H](Nc7ncc(C(F)(F)F)c(-c8cnn(CC(F)(F)F)c8)n7)[C@H](F)C6)c5)CC4)cc3C2=O)C(=O)N1. The first-order valence-corrected chi connectivity index (χ1v) is 21.2. The number of benzene rings is 2. The Bertz CT molecular complexity index is 2640. The van der Waals surface area contributed by atoms with Crippen molar-refractivity contribution in [3.8, 4) is 11.3 Å². The average Bonchev–Trinajstić information content (AvgIpc) is 3.78. The third-order valence-corrected chi connectivity index (χ3v) is 13.2. The number of carbonyl (C=O) groups is 4. The van der Waals surface area contributed by atoms with Crippen LogP contribution in [-0.4, -0.2) is 130 Å². The molecular formula is C39H36F8N10O6S. The Morgan fingerprint density at radius 3 is 2.28 bits per heavy atom. The van der Waals surface area contributed by atoms with Crippen LogP contribution in [0.2, 0.25) is 0 Å². The van der Waals surface area contributed by atoms with Gasteiger partial charge in [0.25, 0.3) is 11.8 Å². The summed E-state index contributed by atoms with van der Waals surface area (Å²) in [5, 5.41) is 8.19. The number of nitrogens with zero attached hydrogens (tertiary/aromatic N) is 8. The van der Waals surface area contributed by atoms with Crippen molar-refractivity contribution in [2.45, 2.75) is 67.9 Å². The van der Waals surface area contributed by atoms with E-state index in [2.05, 4.69) is 25.7 Å². The molecule has 4 aliphatic heterocycles. The van der Waals surface area contributed by atoms with Crippen LogP contribution in [0.3, 0.4) is 0 Å². The standard InChI is InChI=1S/C39H36F8N10O6S/c40-27-13-24-25(36(61)57(35(24)60)30-4-5-32(58)51-34(30)59)14-31(27)54-10-8-53(9-11-54)17-21-2-1-3-23(12-21)64(62,63)56-7-6-29(28(41)19-56)50-37-48-16-26(39(45,46)47)33(52-37)22-15-49-55(18-22)20-38(42,43)44/h1-3,12-16,18,28-30H,4-11,17,19-20H2,(H,48,50,52)(H,51,58,59)/t28-,29+,30?/m1/s1. The molecular weight excluding hydrogens is 889 g/mol. The fourth-order valence-corrected chi connectivity index (χ4v) is 9.67. The molecule has 0 spiro atoms. The molecule has 1 unspecified atom stereocenters. The number of carbonyl (C=O) groups excluding carboxylic acids is 4. The van der Waals surface area contributed by atoms with Crippen LogP contribution in [-0.2, 0) is 38.9 Å². The van der Waals surface area contributed by atoms with Gasteiger partial charge in [0.15, 0.2) is 0 Å². The summed E-state index contributed by atoms with van der Waals surface area (Å²) >= 11 is 0. The van der Waals surface area contributed by atoms with Crippen molar-refractivity contribution in [1.82, 2.24) is 39.2 Å². The van der Waals surface area contributed by atoms with Crippen LogP contribution in [0.15, 0.2) is 59.9 Å². The van der Waals surface area contributed by atoms with Gasteiger partial charge in [-0.25, -0.2) is 27.2 Å². The van der Waals surface area contributed by atoms with Crippen LogP contribution in [0, 0.1) is 5.82 Å². The predicted octanol–water partition coefficient (Wildman–Crippen LogP) is 4.00. The molecule has 2 aromatic carbocycles. The van der Waals surface area contributed by atoms with Crippen molar-refractivity contribution in [2.24, 2.45) is 0 Å². The zero-order valence-electron chi connectivity index (χ0n) is 33.2. The van der Waals surface area contributed by atoms with Crippen LogP contribution >= 0.6 is 0 Å². The van der Waals surface area contributed by atoms with E-state index in [1.54, 1.807) is 11.0 Å². The summed E-state index contributed by atoms with van der Waals surface area (Å²) in [5.74, 6) is -4.12. The van der Waals surface area contributed by atoms with Crippen molar-refractivity contribution in [2.75, 3.05) is 49.5 Å². The lowest BCUT2D eigenvalue weighted by atomic mass is 10.0. The smallest absolute Gasteiger partial charge is 0.367 e. The lowest BCUT2D eigenvalue weighted by Crippen LogP contribution is -2.54. The van der Waals surface area contributed by atoms with Gasteiger partial charge in [-0.3, -0.25) is 39.0 Å². The van der Waals surface area contributed by atoms with Gasteiger partial charge in [0.1, 0.15) is 30.1 Å². The van der Waals surface area contributed by atoms with E-state index in [1.807, 2.05) is 4.90 Å². The molecule has 6 heterocycles. The molecule has 2 N–H and O–H groups in total. The van der Waals surface area contributed by atoms with Gasteiger partial charge in [0.05, 0.1) is 39.6 Å². The number of sulfonamides is 1. The van der Waals surface area contributed by atoms with Gasteiger partial charge in [0, 0.05) is 70.2 Å². The fraction of sp³-hybridized carbons (Fsp3) is 0.410. The Balaban J connectivity index is 0.880. The van der Waals surface area contributed by atoms with Crippen LogP contribution < -0.4 is 15.5 Å². The number of alkyl halides is 7. The molecule has 3 atom stereocenters. The van der Waals surface area contributed by atoms with E-state index < -0.39 is 106 Å². The van der Waals surface area contributed by atoms with Crippen LogP contribution in [0.25, 0.3) is 11.3 Å². The van der Waals surface area contributed by atoms with Gasteiger partial charge in [-0.05, 0) is 42.7 Å². The van der Waals surface area contributed by atoms with Gasteiger partial charge in [-0.2, -0.15) is 35.7 Å². The van der Waals surface area contributed by atoms with Gasteiger partial charge < -0.3 is 10.2 Å². The number of fused-ring (bicyclic) bond motifs is 1. The van der Waals surface area contributed by atoms with E-state index >= 15 is 8.78 Å². The van der Waals surface area contributed by atoms with Gasteiger partial charge in [0.2, 0.25) is 27.8 Å². The van der Waals surface area contributed by atoms with Gasteiger partial charge >= 0.3 is 12.4 Å². The number of nitrogens with one attached hydrogen (secondary N) is 2. The summed E-state index contributed by atoms with van der Waals surface area (Å²) < 4.78 is 140. The van der Waals surface area contributed by atoms with Crippen LogP contribution in [0.4, 0.5) is 46.8 Å². The molecule has 3 fully saturated rings. The van der Waals surface area contributed by atoms with E-state index in [0.717, 1.165) is 27.7 Å². The highest BCUT2D eigenvalue weighted by atomic mass is 32.2. The second kappa shape index (κ2) is 16.8. The molecule has 340 valence electrons. The summed E-state index contributed by atoms with van der Waals surface area (Å²) in [5.41, 5.74) is -2.12. The highest BCUT2D eigenvalue weighted by Gasteiger charge is 2.46. The first-order chi connectivity index (χ1) is 30.2. The molecule has 4 amide bonds. The number of piperazine rings is 1. The molecule has 2 aromatic heterocycles. The van der Waals surface area contributed by atoms with Crippen LogP contribution in [0.1, 0.15) is 51.1 Å². The Morgan fingerprint density at radius 1 is 0.891 bits per heavy atom. The van der Waals surface area contributed by atoms with E-state index in [1.165, 1.54) is 24.3 Å². The monoisotopic (exact) mass is 924 g/mol. The number of rotatable bonds is 10. The molecule has 0 radical (unpaired) electrons. The third kappa shape index (κ3) is 9.00. The second-order valence-electron chi connectivity index (χ2n) is 15.6. The molecule has 3 saturated heterocycles. The number of amides is 4. The number of anilines is 2. The van der Waals surface area contributed by atoms with Gasteiger partial charge in [-0.15, -0.1) is 0 Å². The normalized spacial score (nSPS) is 21.7. The molecule has 8 rings (SSSR count). The Hall–Kier alpha value is -6.08. The first-order valence-electron chi connectivity index (χ1n) is 19.7. The zero-order valence-corrected chi connectivity index (χ0v) is 34.0. The largest absolute Gasteiger partial charge is 0.419 e. The molecule has 0 saturated carbocycles. The molecule has 0 bridgehead atoms. The lowest BCUT2D eigenvalue weighted by Gasteiger charge is -2.36. The van der Waals surface area contributed by atoms with Crippen LogP contribution in [0.5, 0.6) is 0 Å².